The first-order valence-corrected chi connectivity index (χ1v) is 7.07. The van der Waals surface area contributed by atoms with Crippen LogP contribution < -0.4 is 10.6 Å². The van der Waals surface area contributed by atoms with Gasteiger partial charge in [0.05, 0.1) is 18.8 Å². The van der Waals surface area contributed by atoms with Crippen LogP contribution in [0.3, 0.4) is 0 Å². The SMILES string of the molecule is CCc1cccnc1CNc1nnc(CNC2CC2)o1. The van der Waals surface area contributed by atoms with E-state index < -0.39 is 0 Å². The molecular weight excluding hydrogens is 254 g/mol. The number of pyridine rings is 1. The monoisotopic (exact) mass is 273 g/mol. The quantitative estimate of drug-likeness (QED) is 0.802. The van der Waals surface area contributed by atoms with Crippen LogP contribution in [0.15, 0.2) is 22.7 Å². The summed E-state index contributed by atoms with van der Waals surface area (Å²) in [5, 5.41) is 14.5. The van der Waals surface area contributed by atoms with Crippen molar-refractivity contribution >= 4 is 6.01 Å². The highest BCUT2D eigenvalue weighted by molar-refractivity contribution is 5.25. The molecule has 0 bridgehead atoms. The Morgan fingerprint density at radius 1 is 1.30 bits per heavy atom. The first-order valence-electron chi connectivity index (χ1n) is 7.07. The number of hydrogen-bond acceptors (Lipinski definition) is 6. The Bertz CT molecular complexity index is 564. The van der Waals surface area contributed by atoms with Crippen molar-refractivity contribution in [1.29, 1.82) is 0 Å². The molecule has 0 amide bonds. The van der Waals surface area contributed by atoms with E-state index in [0.29, 0.717) is 31.0 Å². The molecule has 2 heterocycles. The predicted octanol–water partition coefficient (Wildman–Crippen LogP) is 1.89. The molecule has 0 atom stereocenters. The molecule has 20 heavy (non-hydrogen) atoms. The molecule has 2 N–H and O–H groups in total. The summed E-state index contributed by atoms with van der Waals surface area (Å²) < 4.78 is 5.53. The van der Waals surface area contributed by atoms with Crippen molar-refractivity contribution < 1.29 is 4.42 Å². The fourth-order valence-electron chi connectivity index (χ4n) is 2.03. The smallest absolute Gasteiger partial charge is 0.315 e. The number of aromatic nitrogens is 3. The van der Waals surface area contributed by atoms with Gasteiger partial charge in [-0.15, -0.1) is 5.10 Å². The zero-order chi connectivity index (χ0) is 13.8. The van der Waals surface area contributed by atoms with Crippen LogP contribution in [-0.2, 0) is 19.5 Å². The van der Waals surface area contributed by atoms with Gasteiger partial charge in [-0.05, 0) is 30.9 Å². The zero-order valence-electron chi connectivity index (χ0n) is 11.6. The summed E-state index contributed by atoms with van der Waals surface area (Å²) in [5.74, 6) is 0.621. The van der Waals surface area contributed by atoms with Crippen LogP contribution in [0.25, 0.3) is 0 Å². The van der Waals surface area contributed by atoms with E-state index in [1.165, 1.54) is 18.4 Å². The lowest BCUT2D eigenvalue weighted by molar-refractivity contribution is 0.475. The Hall–Kier alpha value is -1.95. The highest BCUT2D eigenvalue weighted by atomic mass is 16.4. The van der Waals surface area contributed by atoms with Crippen molar-refractivity contribution in [3.8, 4) is 0 Å². The van der Waals surface area contributed by atoms with Gasteiger partial charge in [0.15, 0.2) is 0 Å². The lowest BCUT2D eigenvalue weighted by atomic mass is 10.1. The molecule has 2 aromatic heterocycles. The normalized spacial score (nSPS) is 14.4. The average Bonchev–Trinajstić information content (AvgIpc) is 3.21. The van der Waals surface area contributed by atoms with Crippen LogP contribution in [0.4, 0.5) is 6.01 Å². The summed E-state index contributed by atoms with van der Waals surface area (Å²) in [6, 6.07) is 5.13. The van der Waals surface area contributed by atoms with Gasteiger partial charge in [0.1, 0.15) is 0 Å². The van der Waals surface area contributed by atoms with Crippen molar-refractivity contribution in [1.82, 2.24) is 20.5 Å². The van der Waals surface area contributed by atoms with Crippen molar-refractivity contribution in [2.45, 2.75) is 45.3 Å². The topological polar surface area (TPSA) is 75.9 Å². The van der Waals surface area contributed by atoms with Gasteiger partial charge >= 0.3 is 6.01 Å². The largest absolute Gasteiger partial charge is 0.407 e. The maximum Gasteiger partial charge on any atom is 0.315 e. The molecule has 0 spiro atoms. The van der Waals surface area contributed by atoms with E-state index in [1.54, 1.807) is 6.20 Å². The standard InChI is InChI=1S/C14H19N5O/c1-2-10-4-3-7-15-12(10)8-17-14-19-18-13(20-14)9-16-11-5-6-11/h3-4,7,11,16H,2,5-6,8-9H2,1H3,(H,17,19). The van der Waals surface area contributed by atoms with Crippen molar-refractivity contribution in [2.75, 3.05) is 5.32 Å². The summed E-state index contributed by atoms with van der Waals surface area (Å²) in [4.78, 5) is 4.37. The molecule has 0 aromatic carbocycles. The highest BCUT2D eigenvalue weighted by Crippen LogP contribution is 2.19. The van der Waals surface area contributed by atoms with Gasteiger partial charge in [-0.25, -0.2) is 0 Å². The summed E-state index contributed by atoms with van der Waals surface area (Å²) in [6.07, 6.45) is 5.26. The number of nitrogens with one attached hydrogen (secondary N) is 2. The second kappa shape index (κ2) is 6.00. The first kappa shape index (κ1) is 13.1. The molecular formula is C14H19N5O. The van der Waals surface area contributed by atoms with E-state index in [4.69, 9.17) is 4.42 Å². The van der Waals surface area contributed by atoms with Crippen LogP contribution >= 0.6 is 0 Å². The van der Waals surface area contributed by atoms with Crippen LogP contribution in [0.2, 0.25) is 0 Å². The van der Waals surface area contributed by atoms with Crippen molar-refractivity contribution in [3.63, 3.8) is 0 Å². The van der Waals surface area contributed by atoms with E-state index in [-0.39, 0.29) is 0 Å². The Morgan fingerprint density at radius 3 is 3.00 bits per heavy atom. The molecule has 6 nitrogen and oxygen atoms in total. The number of rotatable bonds is 7. The fourth-order valence-corrected chi connectivity index (χ4v) is 2.03. The molecule has 1 aliphatic carbocycles. The van der Waals surface area contributed by atoms with Crippen LogP contribution in [0.5, 0.6) is 0 Å². The maximum absolute atomic E-state index is 5.53. The number of hydrogen-bond donors (Lipinski definition) is 2. The molecule has 1 aliphatic rings. The van der Waals surface area contributed by atoms with E-state index in [1.807, 2.05) is 6.07 Å². The van der Waals surface area contributed by atoms with Crippen molar-refractivity contribution in [2.24, 2.45) is 0 Å². The van der Waals surface area contributed by atoms with E-state index >= 15 is 0 Å². The fraction of sp³-hybridized carbons (Fsp3) is 0.500. The summed E-state index contributed by atoms with van der Waals surface area (Å²) in [6.45, 7) is 3.36. The molecule has 1 saturated carbocycles. The van der Waals surface area contributed by atoms with Gasteiger partial charge in [0.2, 0.25) is 5.89 Å². The Morgan fingerprint density at radius 2 is 2.20 bits per heavy atom. The Kier molecular flexibility index (Phi) is 3.92. The second-order valence-corrected chi connectivity index (χ2v) is 4.97. The zero-order valence-corrected chi connectivity index (χ0v) is 11.6. The third-order valence-corrected chi connectivity index (χ3v) is 3.36. The summed E-state index contributed by atoms with van der Waals surface area (Å²) in [5.41, 5.74) is 2.25. The average molecular weight is 273 g/mol. The lowest BCUT2D eigenvalue weighted by Crippen LogP contribution is -2.15. The van der Waals surface area contributed by atoms with Gasteiger partial charge in [-0.3, -0.25) is 4.98 Å². The summed E-state index contributed by atoms with van der Waals surface area (Å²) in [7, 11) is 0. The number of aryl methyl sites for hydroxylation is 1. The first-order chi connectivity index (χ1) is 9.85. The van der Waals surface area contributed by atoms with Gasteiger partial charge < -0.3 is 15.1 Å². The molecule has 1 fully saturated rings. The molecule has 3 rings (SSSR count). The molecule has 0 saturated heterocycles. The second-order valence-electron chi connectivity index (χ2n) is 4.97. The third kappa shape index (κ3) is 3.33. The Labute approximate surface area is 118 Å². The maximum atomic E-state index is 5.53. The van der Waals surface area contributed by atoms with Crippen LogP contribution in [-0.4, -0.2) is 21.2 Å². The third-order valence-electron chi connectivity index (χ3n) is 3.36. The minimum atomic E-state index is 0.449. The molecule has 2 aromatic rings. The minimum absolute atomic E-state index is 0.449. The van der Waals surface area contributed by atoms with Gasteiger partial charge in [0.25, 0.3) is 0 Å². The number of nitrogens with zero attached hydrogens (tertiary/aromatic N) is 3. The van der Waals surface area contributed by atoms with Gasteiger partial charge in [-0.1, -0.05) is 18.1 Å². The molecule has 0 unspecified atom stereocenters. The minimum Gasteiger partial charge on any atom is -0.407 e. The predicted molar refractivity (Wildman–Crippen MR) is 75.1 cm³/mol. The van der Waals surface area contributed by atoms with Crippen LogP contribution in [0.1, 0.15) is 36.9 Å². The Balaban J connectivity index is 1.54. The molecule has 106 valence electrons. The molecule has 0 radical (unpaired) electrons. The van der Waals surface area contributed by atoms with E-state index in [2.05, 4.69) is 38.8 Å². The molecule has 0 aliphatic heterocycles. The van der Waals surface area contributed by atoms with E-state index in [9.17, 15) is 0 Å². The molecule has 6 heteroatoms. The van der Waals surface area contributed by atoms with Gasteiger partial charge in [-0.2, -0.15) is 0 Å². The highest BCUT2D eigenvalue weighted by Gasteiger charge is 2.21. The summed E-state index contributed by atoms with van der Waals surface area (Å²) >= 11 is 0. The van der Waals surface area contributed by atoms with Crippen LogP contribution in [0, 0.1) is 0 Å². The lowest BCUT2D eigenvalue weighted by Gasteiger charge is -2.05. The van der Waals surface area contributed by atoms with Crippen molar-refractivity contribution in [3.05, 3.63) is 35.5 Å². The number of anilines is 1. The van der Waals surface area contributed by atoms with E-state index in [0.717, 1.165) is 12.1 Å². The van der Waals surface area contributed by atoms with Gasteiger partial charge in [0, 0.05) is 12.2 Å².